The monoisotopic (exact) mass is 258 g/mol. The summed E-state index contributed by atoms with van der Waals surface area (Å²) >= 11 is 0. The highest BCUT2D eigenvalue weighted by Gasteiger charge is 2.19. The van der Waals surface area contributed by atoms with E-state index in [2.05, 4.69) is 10.6 Å². The van der Waals surface area contributed by atoms with Crippen molar-refractivity contribution in [3.05, 3.63) is 0 Å². The van der Waals surface area contributed by atoms with E-state index in [0.717, 1.165) is 0 Å². The molecule has 0 saturated heterocycles. The minimum atomic E-state index is -1.000. The Morgan fingerprint density at radius 3 is 2.28 bits per heavy atom. The number of amides is 1. The normalized spacial score (nSPS) is 12.2. The van der Waals surface area contributed by atoms with Gasteiger partial charge < -0.3 is 10.4 Å². The van der Waals surface area contributed by atoms with Gasteiger partial charge in [0.25, 0.3) is 0 Å². The van der Waals surface area contributed by atoms with Crippen LogP contribution in [0.2, 0.25) is 0 Å². The largest absolute Gasteiger partial charge is 0.480 e. The first-order valence-corrected chi connectivity index (χ1v) is 6.05. The van der Waals surface area contributed by atoms with Gasteiger partial charge in [0.2, 0.25) is 5.91 Å². The Hall–Kier alpha value is -1.43. The van der Waals surface area contributed by atoms with Crippen molar-refractivity contribution >= 4 is 17.7 Å². The van der Waals surface area contributed by atoms with Gasteiger partial charge in [-0.25, -0.2) is 0 Å². The molecule has 18 heavy (non-hydrogen) atoms. The number of carboxylic acid groups (broad SMARTS) is 1. The van der Waals surface area contributed by atoms with Gasteiger partial charge in [-0.1, -0.05) is 13.8 Å². The molecule has 0 spiro atoms. The van der Waals surface area contributed by atoms with Crippen LogP contribution in [0.5, 0.6) is 0 Å². The lowest BCUT2D eigenvalue weighted by Crippen LogP contribution is -2.47. The molecule has 0 radical (unpaired) electrons. The molecule has 0 saturated carbocycles. The van der Waals surface area contributed by atoms with Gasteiger partial charge in [-0.3, -0.25) is 19.7 Å². The second-order valence-corrected chi connectivity index (χ2v) is 4.70. The van der Waals surface area contributed by atoms with Crippen molar-refractivity contribution in [3.63, 3.8) is 0 Å². The predicted octanol–water partition coefficient (Wildman–Crippen LogP) is 0.171. The second kappa shape index (κ2) is 8.63. The number of aliphatic carboxylic acids is 1. The lowest BCUT2D eigenvalue weighted by atomic mass is 10.0. The van der Waals surface area contributed by atoms with Crippen molar-refractivity contribution in [3.8, 4) is 0 Å². The lowest BCUT2D eigenvalue weighted by molar-refractivity contribution is -0.136. The molecule has 0 heterocycles. The molecule has 3 N–H and O–H groups in total. The zero-order valence-corrected chi connectivity index (χ0v) is 11.2. The van der Waals surface area contributed by atoms with Gasteiger partial charge in [0.05, 0.1) is 12.6 Å². The summed E-state index contributed by atoms with van der Waals surface area (Å²) in [5.41, 5.74) is 0. The molecule has 0 aromatic rings. The molecule has 0 unspecified atom stereocenters. The van der Waals surface area contributed by atoms with E-state index >= 15 is 0 Å². The van der Waals surface area contributed by atoms with E-state index in [1.165, 1.54) is 6.92 Å². The molecule has 1 atom stereocenters. The summed E-state index contributed by atoms with van der Waals surface area (Å²) in [7, 11) is 0. The van der Waals surface area contributed by atoms with Crippen LogP contribution in [0, 0.1) is 5.92 Å². The first-order chi connectivity index (χ1) is 8.32. The minimum Gasteiger partial charge on any atom is -0.480 e. The third-order valence-corrected chi connectivity index (χ3v) is 2.30. The van der Waals surface area contributed by atoms with Crippen LogP contribution in [0.25, 0.3) is 0 Å². The fourth-order valence-corrected chi connectivity index (χ4v) is 1.45. The highest BCUT2D eigenvalue weighted by atomic mass is 16.4. The Morgan fingerprint density at radius 2 is 1.83 bits per heavy atom. The second-order valence-electron chi connectivity index (χ2n) is 4.70. The molecular weight excluding hydrogens is 236 g/mol. The topological polar surface area (TPSA) is 95.5 Å². The van der Waals surface area contributed by atoms with E-state index in [1.54, 1.807) is 0 Å². The maximum atomic E-state index is 11.8. The van der Waals surface area contributed by atoms with Crippen molar-refractivity contribution in [2.75, 3.05) is 13.1 Å². The summed E-state index contributed by atoms with van der Waals surface area (Å²) in [6, 6.07) is -0.534. The van der Waals surface area contributed by atoms with Gasteiger partial charge in [0, 0.05) is 13.0 Å². The number of Topliss-reactive ketones (excluding diaryl/α,β-unsaturated/α-hetero) is 1. The molecule has 0 aromatic heterocycles. The third kappa shape index (κ3) is 8.69. The molecule has 0 aromatic carbocycles. The van der Waals surface area contributed by atoms with E-state index in [0.29, 0.717) is 12.8 Å². The first kappa shape index (κ1) is 16.6. The van der Waals surface area contributed by atoms with E-state index in [1.807, 2.05) is 13.8 Å². The maximum Gasteiger partial charge on any atom is 0.317 e. The number of ketones is 1. The smallest absolute Gasteiger partial charge is 0.317 e. The molecule has 1 amide bonds. The van der Waals surface area contributed by atoms with Gasteiger partial charge >= 0.3 is 5.97 Å². The quantitative estimate of drug-likeness (QED) is 0.548. The highest BCUT2D eigenvalue weighted by Crippen LogP contribution is 2.04. The van der Waals surface area contributed by atoms with Crippen molar-refractivity contribution in [2.24, 2.45) is 5.92 Å². The van der Waals surface area contributed by atoms with Crippen LogP contribution >= 0.6 is 0 Å². The average Bonchev–Trinajstić information content (AvgIpc) is 2.22. The minimum absolute atomic E-state index is 0.00852. The zero-order chi connectivity index (χ0) is 14.1. The SMILES string of the molecule is CC(=O)CCNC(=O)[C@H](CC(C)C)NCC(=O)O. The summed E-state index contributed by atoms with van der Waals surface area (Å²) in [6.07, 6.45) is 0.845. The molecule has 0 bridgehead atoms. The van der Waals surface area contributed by atoms with Crippen molar-refractivity contribution in [1.82, 2.24) is 10.6 Å². The molecule has 0 aliphatic rings. The van der Waals surface area contributed by atoms with Gasteiger partial charge in [-0.2, -0.15) is 0 Å². The fraction of sp³-hybridized carbons (Fsp3) is 0.750. The van der Waals surface area contributed by atoms with Gasteiger partial charge in [-0.15, -0.1) is 0 Å². The Balaban J connectivity index is 4.21. The Labute approximate surface area is 107 Å². The van der Waals surface area contributed by atoms with Crippen molar-refractivity contribution in [1.29, 1.82) is 0 Å². The molecule has 6 nitrogen and oxygen atoms in total. The van der Waals surface area contributed by atoms with Crippen LogP contribution in [0.15, 0.2) is 0 Å². The Morgan fingerprint density at radius 1 is 1.22 bits per heavy atom. The predicted molar refractivity (Wildman–Crippen MR) is 67.2 cm³/mol. The summed E-state index contributed by atoms with van der Waals surface area (Å²) in [4.78, 5) is 33.0. The molecular formula is C12H22N2O4. The number of carbonyl (C=O) groups excluding carboxylic acids is 2. The number of carboxylic acids is 1. The van der Waals surface area contributed by atoms with E-state index in [-0.39, 0.29) is 30.7 Å². The molecule has 0 fully saturated rings. The number of rotatable bonds is 9. The van der Waals surface area contributed by atoms with E-state index in [9.17, 15) is 14.4 Å². The van der Waals surface area contributed by atoms with Gasteiger partial charge in [-0.05, 0) is 19.3 Å². The molecule has 6 heteroatoms. The van der Waals surface area contributed by atoms with E-state index in [4.69, 9.17) is 5.11 Å². The molecule has 0 rings (SSSR count). The summed E-state index contributed by atoms with van der Waals surface area (Å²) in [5.74, 6) is -0.976. The number of nitrogens with one attached hydrogen (secondary N) is 2. The summed E-state index contributed by atoms with van der Waals surface area (Å²) in [5, 5.41) is 13.9. The van der Waals surface area contributed by atoms with Crippen LogP contribution in [0.3, 0.4) is 0 Å². The number of hydrogen-bond acceptors (Lipinski definition) is 4. The molecule has 0 aliphatic carbocycles. The molecule has 0 aliphatic heterocycles. The van der Waals surface area contributed by atoms with Gasteiger partial charge in [0.15, 0.2) is 0 Å². The lowest BCUT2D eigenvalue weighted by Gasteiger charge is -2.19. The van der Waals surface area contributed by atoms with Crippen molar-refractivity contribution < 1.29 is 19.5 Å². The van der Waals surface area contributed by atoms with Gasteiger partial charge in [0.1, 0.15) is 5.78 Å². The number of carbonyl (C=O) groups is 3. The van der Waals surface area contributed by atoms with Crippen LogP contribution in [-0.2, 0) is 14.4 Å². The summed E-state index contributed by atoms with van der Waals surface area (Å²) < 4.78 is 0. The number of hydrogen-bond donors (Lipinski definition) is 3. The maximum absolute atomic E-state index is 11.8. The average molecular weight is 258 g/mol. The van der Waals surface area contributed by atoms with Crippen molar-refractivity contribution in [2.45, 2.75) is 39.7 Å². The Bertz CT molecular complexity index is 302. The van der Waals surface area contributed by atoms with E-state index < -0.39 is 12.0 Å². The zero-order valence-electron chi connectivity index (χ0n) is 11.2. The highest BCUT2D eigenvalue weighted by molar-refractivity contribution is 5.83. The standard InChI is InChI=1S/C12H22N2O4/c1-8(2)6-10(14-7-11(16)17)12(18)13-5-4-9(3)15/h8,10,14H,4-7H2,1-3H3,(H,13,18)(H,16,17)/t10-/m0/s1. The fourth-order valence-electron chi connectivity index (χ4n) is 1.45. The first-order valence-electron chi connectivity index (χ1n) is 6.05. The van der Waals surface area contributed by atoms with Crippen LogP contribution in [0.1, 0.15) is 33.6 Å². The Kier molecular flexibility index (Phi) is 7.94. The summed E-state index contributed by atoms with van der Waals surface area (Å²) in [6.45, 7) is 5.41. The molecule has 104 valence electrons. The third-order valence-electron chi connectivity index (χ3n) is 2.30. The van der Waals surface area contributed by atoms with Crippen LogP contribution in [-0.4, -0.2) is 41.9 Å². The van der Waals surface area contributed by atoms with Crippen LogP contribution < -0.4 is 10.6 Å². The van der Waals surface area contributed by atoms with Crippen LogP contribution in [0.4, 0.5) is 0 Å².